The van der Waals surface area contributed by atoms with Crippen molar-refractivity contribution >= 4 is 11.7 Å². The maximum Gasteiger partial charge on any atom is 0.340 e. The van der Waals surface area contributed by atoms with Gasteiger partial charge >= 0.3 is 5.97 Å². The third-order valence-corrected chi connectivity index (χ3v) is 2.59. The molecule has 2 aromatic rings. The van der Waals surface area contributed by atoms with Gasteiger partial charge in [0.1, 0.15) is 24.2 Å². The average molecular weight is 271 g/mol. The summed E-state index contributed by atoms with van der Waals surface area (Å²) in [5.74, 6) is -1.33. The van der Waals surface area contributed by atoms with E-state index in [1.165, 1.54) is 12.3 Å². The van der Waals surface area contributed by atoms with Crippen molar-refractivity contribution in [3.8, 4) is 6.07 Å². The Balaban J connectivity index is 2.13. The molecule has 0 atom stereocenters. The monoisotopic (exact) mass is 271 g/mol. The lowest BCUT2D eigenvalue weighted by Crippen LogP contribution is -2.09. The quantitative estimate of drug-likeness (QED) is 0.681. The first-order chi connectivity index (χ1) is 9.61. The van der Waals surface area contributed by atoms with Crippen molar-refractivity contribution in [2.75, 3.05) is 5.73 Å². The van der Waals surface area contributed by atoms with Crippen molar-refractivity contribution in [1.29, 1.82) is 5.26 Å². The summed E-state index contributed by atoms with van der Waals surface area (Å²) in [4.78, 5) is 15.7. The Hall–Kier alpha value is -2.94. The van der Waals surface area contributed by atoms with Crippen LogP contribution in [0.5, 0.6) is 0 Å². The number of pyridine rings is 1. The molecule has 0 aliphatic carbocycles. The van der Waals surface area contributed by atoms with Crippen molar-refractivity contribution in [1.82, 2.24) is 4.98 Å². The molecule has 0 saturated carbocycles. The van der Waals surface area contributed by atoms with Crippen LogP contribution < -0.4 is 5.73 Å². The normalized spacial score (nSPS) is 9.80. The molecular weight excluding hydrogens is 261 g/mol. The molecule has 20 heavy (non-hydrogen) atoms. The second-order valence-corrected chi connectivity index (χ2v) is 3.93. The number of nitriles is 1. The highest BCUT2D eigenvalue weighted by Gasteiger charge is 2.13. The summed E-state index contributed by atoms with van der Waals surface area (Å²) in [6.45, 7) is -0.133. The Kier molecular flexibility index (Phi) is 3.91. The van der Waals surface area contributed by atoms with E-state index >= 15 is 0 Å². The van der Waals surface area contributed by atoms with Gasteiger partial charge in [-0.05, 0) is 24.3 Å². The maximum atomic E-state index is 13.1. The van der Waals surface area contributed by atoms with Crippen LogP contribution in [0.25, 0.3) is 0 Å². The first-order valence-corrected chi connectivity index (χ1v) is 5.68. The molecule has 1 aromatic carbocycles. The van der Waals surface area contributed by atoms with Gasteiger partial charge in [0.15, 0.2) is 0 Å². The highest BCUT2D eigenvalue weighted by atomic mass is 19.1. The molecule has 2 rings (SSSR count). The van der Waals surface area contributed by atoms with E-state index in [2.05, 4.69) is 4.98 Å². The average Bonchev–Trinajstić information content (AvgIpc) is 2.47. The predicted octanol–water partition coefficient (Wildman–Crippen LogP) is 2.03. The highest BCUT2D eigenvalue weighted by Crippen LogP contribution is 2.16. The van der Waals surface area contributed by atoms with E-state index in [4.69, 9.17) is 15.7 Å². The molecule has 1 heterocycles. The molecule has 0 aliphatic heterocycles. The second-order valence-electron chi connectivity index (χ2n) is 3.93. The Morgan fingerprint density at radius 2 is 2.25 bits per heavy atom. The number of esters is 1. The molecule has 0 amide bonds. The topological polar surface area (TPSA) is 89.0 Å². The van der Waals surface area contributed by atoms with Gasteiger partial charge in [-0.2, -0.15) is 5.26 Å². The van der Waals surface area contributed by atoms with Crippen molar-refractivity contribution in [3.05, 3.63) is 59.2 Å². The summed E-state index contributed by atoms with van der Waals surface area (Å²) in [6.07, 6.45) is 1.47. The van der Waals surface area contributed by atoms with Crippen molar-refractivity contribution in [2.45, 2.75) is 6.61 Å². The molecule has 0 aliphatic rings. The minimum absolute atomic E-state index is 0.0487. The summed E-state index contributed by atoms with van der Waals surface area (Å²) in [7, 11) is 0. The van der Waals surface area contributed by atoms with Crippen LogP contribution in [0.3, 0.4) is 0 Å². The van der Waals surface area contributed by atoms with Crippen LogP contribution in [-0.4, -0.2) is 11.0 Å². The number of hydrogen-bond donors (Lipinski definition) is 1. The fraction of sp³-hybridized carbons (Fsp3) is 0.0714. The van der Waals surface area contributed by atoms with Crippen molar-refractivity contribution in [2.24, 2.45) is 0 Å². The summed E-state index contributed by atoms with van der Waals surface area (Å²) in [6, 6.07) is 8.59. The molecule has 100 valence electrons. The zero-order chi connectivity index (χ0) is 14.5. The summed E-state index contributed by atoms with van der Waals surface area (Å²) < 4.78 is 18.1. The van der Waals surface area contributed by atoms with E-state index in [1.807, 2.05) is 6.07 Å². The number of carbonyl (C=O) groups is 1. The first kappa shape index (κ1) is 13.5. The summed E-state index contributed by atoms with van der Waals surface area (Å²) in [5.41, 5.74) is 6.31. The number of benzene rings is 1. The van der Waals surface area contributed by atoms with Crippen LogP contribution in [0.4, 0.5) is 10.1 Å². The Morgan fingerprint density at radius 1 is 1.45 bits per heavy atom. The lowest BCUT2D eigenvalue weighted by atomic mass is 10.2. The fourth-order valence-corrected chi connectivity index (χ4v) is 1.58. The van der Waals surface area contributed by atoms with E-state index in [9.17, 15) is 9.18 Å². The molecule has 0 spiro atoms. The van der Waals surface area contributed by atoms with Gasteiger partial charge in [0.25, 0.3) is 0 Å². The minimum atomic E-state index is -0.755. The zero-order valence-electron chi connectivity index (χ0n) is 10.3. The van der Waals surface area contributed by atoms with Crippen LogP contribution in [0, 0.1) is 17.1 Å². The number of rotatable bonds is 3. The van der Waals surface area contributed by atoms with E-state index < -0.39 is 11.8 Å². The first-order valence-electron chi connectivity index (χ1n) is 5.68. The molecule has 0 saturated heterocycles. The van der Waals surface area contributed by atoms with Crippen molar-refractivity contribution in [3.63, 3.8) is 0 Å². The van der Waals surface area contributed by atoms with Crippen LogP contribution in [-0.2, 0) is 11.3 Å². The lowest BCUT2D eigenvalue weighted by molar-refractivity contribution is 0.0473. The molecule has 0 fully saturated rings. The van der Waals surface area contributed by atoms with Crippen molar-refractivity contribution < 1.29 is 13.9 Å². The van der Waals surface area contributed by atoms with Gasteiger partial charge in [0.2, 0.25) is 0 Å². The smallest absolute Gasteiger partial charge is 0.340 e. The van der Waals surface area contributed by atoms with Gasteiger partial charge in [-0.25, -0.2) is 14.2 Å². The summed E-state index contributed by atoms with van der Waals surface area (Å²) >= 11 is 0. The number of aromatic nitrogens is 1. The van der Waals surface area contributed by atoms with Crippen LogP contribution in [0.15, 0.2) is 36.5 Å². The van der Waals surface area contributed by atoms with Crippen LogP contribution in [0.2, 0.25) is 0 Å². The van der Waals surface area contributed by atoms with Gasteiger partial charge in [0, 0.05) is 17.4 Å². The maximum absolute atomic E-state index is 13.1. The van der Waals surface area contributed by atoms with Gasteiger partial charge in [-0.15, -0.1) is 0 Å². The highest BCUT2D eigenvalue weighted by molar-refractivity contribution is 5.95. The molecule has 1 aromatic heterocycles. The Bertz CT molecular complexity index is 695. The Labute approximate surface area is 114 Å². The molecule has 0 radical (unpaired) electrons. The van der Waals surface area contributed by atoms with Crippen LogP contribution >= 0.6 is 0 Å². The number of halogens is 1. The minimum Gasteiger partial charge on any atom is -0.457 e. The molecule has 6 heteroatoms. The molecule has 5 nitrogen and oxygen atoms in total. The zero-order valence-corrected chi connectivity index (χ0v) is 10.3. The number of anilines is 1. The lowest BCUT2D eigenvalue weighted by Gasteiger charge is -2.07. The van der Waals surface area contributed by atoms with E-state index in [1.54, 1.807) is 12.1 Å². The molecule has 2 N–H and O–H groups in total. The summed E-state index contributed by atoms with van der Waals surface area (Å²) in [5, 5.41) is 8.86. The largest absolute Gasteiger partial charge is 0.457 e. The number of hydrogen-bond acceptors (Lipinski definition) is 5. The number of nitrogen functional groups attached to an aromatic ring is 1. The standard InChI is InChI=1S/C14H10FN3O2/c15-10-3-4-12(17)11(6-10)14(19)20-8-9-2-1-5-18-13(9)7-16/h1-6H,8,17H2. The van der Waals surface area contributed by atoms with Gasteiger partial charge in [0.05, 0.1) is 5.56 Å². The van der Waals surface area contributed by atoms with Gasteiger partial charge < -0.3 is 10.5 Å². The molecular formula is C14H10FN3O2. The van der Waals surface area contributed by atoms with E-state index in [0.29, 0.717) is 5.56 Å². The number of nitrogens with two attached hydrogens (primary N) is 1. The predicted molar refractivity (Wildman–Crippen MR) is 68.9 cm³/mol. The molecule has 0 bridgehead atoms. The van der Waals surface area contributed by atoms with Gasteiger partial charge in [-0.1, -0.05) is 6.07 Å². The van der Waals surface area contributed by atoms with Crippen LogP contribution in [0.1, 0.15) is 21.6 Å². The van der Waals surface area contributed by atoms with Gasteiger partial charge in [-0.3, -0.25) is 0 Å². The Morgan fingerprint density at radius 3 is 3.00 bits per heavy atom. The number of ether oxygens (including phenoxy) is 1. The fourth-order valence-electron chi connectivity index (χ4n) is 1.58. The third-order valence-electron chi connectivity index (χ3n) is 2.59. The number of carbonyl (C=O) groups excluding carboxylic acids is 1. The number of nitrogens with zero attached hydrogens (tertiary/aromatic N) is 2. The third kappa shape index (κ3) is 2.90. The van der Waals surface area contributed by atoms with E-state index in [-0.39, 0.29) is 23.6 Å². The second kappa shape index (κ2) is 5.80. The van der Waals surface area contributed by atoms with E-state index in [0.717, 1.165) is 12.1 Å². The SMILES string of the molecule is N#Cc1ncccc1COC(=O)c1cc(F)ccc1N. The molecule has 0 unspecified atom stereocenters.